The molecule has 1 fully saturated rings. The van der Waals surface area contributed by atoms with Crippen LogP contribution in [0.15, 0.2) is 40.2 Å². The van der Waals surface area contributed by atoms with Gasteiger partial charge in [0.05, 0.1) is 18.2 Å². The minimum Gasteiger partial charge on any atom is -0.343 e. The number of sulfonamides is 1. The van der Waals surface area contributed by atoms with Crippen LogP contribution in [0.4, 0.5) is 0 Å². The predicted octanol–water partition coefficient (Wildman–Crippen LogP) is 1.08. The molecule has 1 heterocycles. The van der Waals surface area contributed by atoms with Crippen LogP contribution in [0.3, 0.4) is 0 Å². The molecule has 0 saturated heterocycles. The van der Waals surface area contributed by atoms with Gasteiger partial charge in [-0.1, -0.05) is 31.0 Å². The minimum atomic E-state index is -3.56. The fourth-order valence-corrected chi connectivity index (χ4v) is 3.84. The highest BCUT2D eigenvalue weighted by Crippen LogP contribution is 2.23. The Balaban J connectivity index is 1.64. The molecule has 21 heavy (non-hydrogen) atoms. The maximum Gasteiger partial charge on any atom is 0.264 e. The largest absolute Gasteiger partial charge is 0.343 e. The van der Waals surface area contributed by atoms with Crippen LogP contribution in [0.1, 0.15) is 25.7 Å². The van der Waals surface area contributed by atoms with E-state index in [0.29, 0.717) is 25.3 Å². The van der Waals surface area contributed by atoms with Gasteiger partial charge in [0, 0.05) is 6.04 Å². The van der Waals surface area contributed by atoms with Crippen molar-refractivity contribution in [1.29, 1.82) is 0 Å². The van der Waals surface area contributed by atoms with E-state index < -0.39 is 10.0 Å². The Hall–Kier alpha value is -1.60. The first-order valence-corrected chi connectivity index (χ1v) is 8.74. The van der Waals surface area contributed by atoms with E-state index >= 15 is 0 Å². The lowest BCUT2D eigenvalue weighted by atomic mass is 10.2. The highest BCUT2D eigenvalue weighted by Gasteiger charge is 2.25. The number of hydrogen-bond acceptors (Lipinski definition) is 5. The summed E-state index contributed by atoms with van der Waals surface area (Å²) in [4.78, 5) is 6.81. The highest BCUT2D eigenvalue weighted by atomic mass is 32.2. The van der Waals surface area contributed by atoms with Crippen LogP contribution in [0, 0.1) is 0 Å². The van der Waals surface area contributed by atoms with Gasteiger partial charge < -0.3 is 5.32 Å². The van der Waals surface area contributed by atoms with E-state index in [4.69, 9.17) is 0 Å². The van der Waals surface area contributed by atoms with Crippen LogP contribution in [0.2, 0.25) is 0 Å². The number of rotatable bonds is 3. The fraction of sp³-hybridized carbons (Fsp3) is 0.500. The van der Waals surface area contributed by atoms with Gasteiger partial charge in [-0.2, -0.15) is 0 Å². The second-order valence-corrected chi connectivity index (χ2v) is 7.11. The van der Waals surface area contributed by atoms with Crippen molar-refractivity contribution in [2.24, 2.45) is 4.99 Å². The molecule has 0 amide bonds. The standard InChI is InChI=1S/C14H20N4O2S/c19-21(20,13-8-2-1-3-9-13)17-14-15-10-18(11-16-14)12-6-4-5-7-12/h1-3,8-9,12H,4-7,10-11H2,(H2,15,16,17). The smallest absolute Gasteiger partial charge is 0.264 e. The van der Waals surface area contributed by atoms with E-state index in [1.807, 2.05) is 0 Å². The number of hydrogen-bond donors (Lipinski definition) is 2. The molecule has 0 unspecified atom stereocenters. The second kappa shape index (κ2) is 6.03. The van der Waals surface area contributed by atoms with E-state index in [-0.39, 0.29) is 4.90 Å². The zero-order valence-electron chi connectivity index (χ0n) is 11.8. The van der Waals surface area contributed by atoms with Crippen molar-refractivity contribution < 1.29 is 8.42 Å². The lowest BCUT2D eigenvalue weighted by Gasteiger charge is -2.31. The van der Waals surface area contributed by atoms with Crippen LogP contribution in [0.25, 0.3) is 0 Å². The Morgan fingerprint density at radius 1 is 1.19 bits per heavy atom. The molecular formula is C14H20N4O2S. The number of nitrogens with zero attached hydrogens (tertiary/aromatic N) is 2. The van der Waals surface area contributed by atoms with Gasteiger partial charge in [0.1, 0.15) is 0 Å². The van der Waals surface area contributed by atoms with Crippen molar-refractivity contribution in [3.05, 3.63) is 30.3 Å². The van der Waals surface area contributed by atoms with Gasteiger partial charge in [-0.25, -0.2) is 18.1 Å². The fourth-order valence-electron chi connectivity index (χ4n) is 2.81. The summed E-state index contributed by atoms with van der Waals surface area (Å²) in [5.41, 5.74) is 0. The summed E-state index contributed by atoms with van der Waals surface area (Å²) in [6, 6.07) is 8.90. The first kappa shape index (κ1) is 14.3. The number of aliphatic imine (C=N–C) groups is 1. The Morgan fingerprint density at radius 2 is 1.90 bits per heavy atom. The van der Waals surface area contributed by atoms with Crippen LogP contribution in [0.5, 0.6) is 0 Å². The van der Waals surface area contributed by atoms with Gasteiger partial charge in [-0.15, -0.1) is 0 Å². The monoisotopic (exact) mass is 308 g/mol. The lowest BCUT2D eigenvalue weighted by molar-refractivity contribution is 0.190. The summed E-state index contributed by atoms with van der Waals surface area (Å²) in [6.07, 6.45) is 4.97. The van der Waals surface area contributed by atoms with E-state index in [9.17, 15) is 8.42 Å². The summed E-state index contributed by atoms with van der Waals surface area (Å²) in [6.45, 7) is 1.19. The number of benzene rings is 1. The summed E-state index contributed by atoms with van der Waals surface area (Å²) >= 11 is 0. The molecule has 1 aromatic rings. The van der Waals surface area contributed by atoms with Crippen molar-refractivity contribution in [3.63, 3.8) is 0 Å². The molecule has 0 aromatic heterocycles. The van der Waals surface area contributed by atoms with Gasteiger partial charge in [-0.3, -0.25) is 4.90 Å². The van der Waals surface area contributed by atoms with E-state index in [2.05, 4.69) is 19.9 Å². The van der Waals surface area contributed by atoms with Crippen molar-refractivity contribution in [1.82, 2.24) is 14.9 Å². The van der Waals surface area contributed by atoms with Crippen molar-refractivity contribution in [2.75, 3.05) is 13.3 Å². The molecule has 0 bridgehead atoms. The summed E-state index contributed by atoms with van der Waals surface area (Å²) in [5, 5.41) is 3.06. The zero-order chi connectivity index (χ0) is 14.7. The third-order valence-corrected chi connectivity index (χ3v) is 5.34. The molecule has 0 spiro atoms. The number of guanidine groups is 1. The summed E-state index contributed by atoms with van der Waals surface area (Å²) < 4.78 is 26.9. The van der Waals surface area contributed by atoms with Gasteiger partial charge in [0.2, 0.25) is 5.96 Å². The van der Waals surface area contributed by atoms with E-state index in [1.54, 1.807) is 30.3 Å². The van der Waals surface area contributed by atoms with Crippen LogP contribution < -0.4 is 10.0 Å². The second-order valence-electron chi connectivity index (χ2n) is 5.43. The van der Waals surface area contributed by atoms with Gasteiger partial charge >= 0.3 is 0 Å². The third-order valence-electron chi connectivity index (χ3n) is 3.99. The molecule has 114 valence electrons. The summed E-state index contributed by atoms with van der Waals surface area (Å²) in [7, 11) is -3.56. The molecule has 6 nitrogen and oxygen atoms in total. The molecule has 1 saturated carbocycles. The maximum absolute atomic E-state index is 12.2. The average molecular weight is 308 g/mol. The van der Waals surface area contributed by atoms with Gasteiger partial charge in [0.15, 0.2) is 0 Å². The van der Waals surface area contributed by atoms with E-state index in [0.717, 1.165) is 0 Å². The predicted molar refractivity (Wildman–Crippen MR) is 81.2 cm³/mol. The average Bonchev–Trinajstić information content (AvgIpc) is 3.03. The molecule has 0 radical (unpaired) electrons. The topological polar surface area (TPSA) is 73.8 Å². The first-order valence-electron chi connectivity index (χ1n) is 7.25. The quantitative estimate of drug-likeness (QED) is 0.876. The molecule has 1 aliphatic heterocycles. The molecule has 0 atom stereocenters. The van der Waals surface area contributed by atoms with Crippen molar-refractivity contribution in [3.8, 4) is 0 Å². The van der Waals surface area contributed by atoms with Crippen LogP contribution >= 0.6 is 0 Å². The molecule has 2 N–H and O–H groups in total. The lowest BCUT2D eigenvalue weighted by Crippen LogP contribution is -2.52. The van der Waals surface area contributed by atoms with Crippen molar-refractivity contribution >= 4 is 16.0 Å². The van der Waals surface area contributed by atoms with Gasteiger partial charge in [0.25, 0.3) is 10.0 Å². The molecule has 1 aliphatic carbocycles. The Bertz CT molecular complexity index is 609. The number of nitrogens with one attached hydrogen (secondary N) is 2. The highest BCUT2D eigenvalue weighted by molar-refractivity contribution is 7.90. The molecule has 7 heteroatoms. The molecule has 1 aromatic carbocycles. The molecule has 3 rings (SSSR count). The Labute approximate surface area is 125 Å². The van der Waals surface area contributed by atoms with Crippen LogP contribution in [-0.4, -0.2) is 38.7 Å². The third kappa shape index (κ3) is 3.36. The molecular weight excluding hydrogens is 288 g/mol. The van der Waals surface area contributed by atoms with E-state index in [1.165, 1.54) is 25.7 Å². The molecule has 2 aliphatic rings. The minimum absolute atomic E-state index is 0.243. The first-order chi connectivity index (χ1) is 10.1. The van der Waals surface area contributed by atoms with Crippen molar-refractivity contribution in [2.45, 2.75) is 36.6 Å². The summed E-state index contributed by atoms with van der Waals surface area (Å²) in [5.74, 6) is 0.327. The Kier molecular flexibility index (Phi) is 4.12. The maximum atomic E-state index is 12.2. The zero-order valence-corrected chi connectivity index (χ0v) is 12.6. The van der Waals surface area contributed by atoms with Gasteiger partial charge in [-0.05, 0) is 25.0 Å². The van der Waals surface area contributed by atoms with Crippen LogP contribution in [-0.2, 0) is 10.0 Å². The SMILES string of the molecule is O=S(=O)(NC1=NCN(C2CCCC2)CN1)c1ccccc1. The normalized spacial score (nSPS) is 20.9. The Morgan fingerprint density at radius 3 is 2.52 bits per heavy atom.